The summed E-state index contributed by atoms with van der Waals surface area (Å²) in [5, 5.41) is 45.0. The first-order valence-electron chi connectivity index (χ1n) is 9.90. The van der Waals surface area contributed by atoms with Crippen LogP contribution < -0.4 is 0 Å². The molecular formula is C22H18N8O. The first-order chi connectivity index (χ1) is 15.2. The Labute approximate surface area is 177 Å². The number of aromatic amines is 1. The molecule has 0 spiro atoms. The topological polar surface area (TPSA) is 140 Å². The highest BCUT2D eigenvalue weighted by atomic mass is 16.3. The quantitative estimate of drug-likeness (QED) is 0.515. The Hall–Kier alpha value is -4.08. The van der Waals surface area contributed by atoms with Gasteiger partial charge in [-0.15, -0.1) is 0 Å². The van der Waals surface area contributed by atoms with Gasteiger partial charge >= 0.3 is 0 Å². The molecule has 3 heterocycles. The summed E-state index contributed by atoms with van der Waals surface area (Å²) in [6.07, 6.45) is 4.83. The molecule has 2 N–H and O–H groups in total. The minimum absolute atomic E-state index is 0.0726. The van der Waals surface area contributed by atoms with Gasteiger partial charge < -0.3 is 5.11 Å². The van der Waals surface area contributed by atoms with Gasteiger partial charge in [-0.2, -0.15) is 30.6 Å². The molecule has 1 aliphatic rings. The van der Waals surface area contributed by atoms with Crippen LogP contribution in [0.2, 0.25) is 0 Å². The maximum Gasteiger partial charge on any atom is 0.113 e. The molecule has 0 bridgehead atoms. The molecule has 0 aliphatic heterocycles. The Bertz CT molecular complexity index is 1350. The molecule has 1 aliphatic carbocycles. The van der Waals surface area contributed by atoms with E-state index in [9.17, 15) is 15.6 Å². The van der Waals surface area contributed by atoms with Crippen LogP contribution in [0.15, 0.2) is 42.7 Å². The average molecular weight is 410 g/mol. The summed E-state index contributed by atoms with van der Waals surface area (Å²) in [6, 6.07) is 14.0. The Morgan fingerprint density at radius 3 is 2.84 bits per heavy atom. The molecule has 9 nitrogen and oxygen atoms in total. The van der Waals surface area contributed by atoms with E-state index in [2.05, 4.69) is 32.4 Å². The second kappa shape index (κ2) is 7.31. The van der Waals surface area contributed by atoms with Crippen LogP contribution in [-0.2, 0) is 12.1 Å². The van der Waals surface area contributed by atoms with Gasteiger partial charge in [-0.3, -0.25) is 10.1 Å². The summed E-state index contributed by atoms with van der Waals surface area (Å²) in [5.74, 6) is -0.0726. The zero-order valence-corrected chi connectivity index (χ0v) is 16.5. The van der Waals surface area contributed by atoms with Crippen molar-refractivity contribution in [1.82, 2.24) is 30.2 Å². The number of rotatable bonds is 5. The molecule has 5 rings (SSSR count). The third-order valence-electron chi connectivity index (χ3n) is 5.85. The lowest BCUT2D eigenvalue weighted by Gasteiger charge is -2.42. The lowest BCUT2D eigenvalue weighted by atomic mass is 9.68. The highest BCUT2D eigenvalue weighted by molar-refractivity contribution is 5.96. The maximum absolute atomic E-state index is 9.34. The normalized spacial score (nSPS) is 20.2. The number of benzene rings is 1. The van der Waals surface area contributed by atoms with Crippen LogP contribution in [0.5, 0.6) is 0 Å². The fourth-order valence-corrected chi connectivity index (χ4v) is 4.22. The number of aliphatic hydroxyl groups excluding tert-OH is 1. The molecule has 0 atom stereocenters. The SMILES string of the molecule is N#CC[C@]1(n2ncc(-c3cc(-c4cc(CO)[nH]n4)cc4ncccc34)n2)C[C@H](C#N)C1. The number of H-pyrrole nitrogens is 1. The van der Waals surface area contributed by atoms with Crippen LogP contribution >= 0.6 is 0 Å². The fraction of sp³-hybridized carbons (Fsp3) is 0.273. The van der Waals surface area contributed by atoms with Crippen molar-refractivity contribution in [2.24, 2.45) is 5.92 Å². The molecule has 4 aromatic rings. The third-order valence-corrected chi connectivity index (χ3v) is 5.85. The van der Waals surface area contributed by atoms with Gasteiger partial charge in [-0.1, -0.05) is 6.07 Å². The van der Waals surface area contributed by atoms with E-state index in [0.717, 1.165) is 22.0 Å². The predicted molar refractivity (Wildman–Crippen MR) is 111 cm³/mol. The van der Waals surface area contributed by atoms with Crippen LogP contribution in [0.1, 0.15) is 25.0 Å². The van der Waals surface area contributed by atoms with Gasteiger partial charge in [0.05, 0.1) is 59.7 Å². The minimum Gasteiger partial charge on any atom is -0.390 e. The molecule has 0 unspecified atom stereocenters. The lowest BCUT2D eigenvalue weighted by molar-refractivity contribution is 0.0713. The minimum atomic E-state index is -0.530. The predicted octanol–water partition coefficient (Wildman–Crippen LogP) is 2.92. The Morgan fingerprint density at radius 1 is 1.23 bits per heavy atom. The zero-order valence-electron chi connectivity index (χ0n) is 16.5. The number of fused-ring (bicyclic) bond motifs is 1. The van der Waals surface area contributed by atoms with Crippen LogP contribution in [0.4, 0.5) is 0 Å². The molecule has 0 amide bonds. The Kier molecular flexibility index (Phi) is 4.46. The van der Waals surface area contributed by atoms with Crippen molar-refractivity contribution in [3.63, 3.8) is 0 Å². The van der Waals surface area contributed by atoms with Crippen molar-refractivity contribution in [2.45, 2.75) is 31.4 Å². The van der Waals surface area contributed by atoms with Crippen molar-refractivity contribution < 1.29 is 5.11 Å². The van der Waals surface area contributed by atoms with E-state index in [1.807, 2.05) is 24.3 Å². The fourth-order valence-electron chi connectivity index (χ4n) is 4.22. The van der Waals surface area contributed by atoms with Crippen LogP contribution in [0.3, 0.4) is 0 Å². The summed E-state index contributed by atoms with van der Waals surface area (Å²) in [7, 11) is 0. The van der Waals surface area contributed by atoms with E-state index in [0.29, 0.717) is 29.9 Å². The van der Waals surface area contributed by atoms with Gasteiger partial charge in [0.2, 0.25) is 0 Å². The van der Waals surface area contributed by atoms with Crippen LogP contribution in [0, 0.1) is 28.6 Å². The largest absolute Gasteiger partial charge is 0.390 e. The van der Waals surface area contributed by atoms with Gasteiger partial charge in [0, 0.05) is 22.7 Å². The first-order valence-corrected chi connectivity index (χ1v) is 9.90. The van der Waals surface area contributed by atoms with Crippen LogP contribution in [-0.4, -0.2) is 35.3 Å². The molecule has 0 radical (unpaired) electrons. The monoisotopic (exact) mass is 410 g/mol. The smallest absolute Gasteiger partial charge is 0.113 e. The number of aromatic nitrogens is 6. The summed E-state index contributed by atoms with van der Waals surface area (Å²) in [6.45, 7) is -0.120. The second-order valence-electron chi connectivity index (χ2n) is 7.84. The highest BCUT2D eigenvalue weighted by Crippen LogP contribution is 2.45. The van der Waals surface area contributed by atoms with Crippen molar-refractivity contribution in [1.29, 1.82) is 10.5 Å². The Morgan fingerprint density at radius 2 is 2.10 bits per heavy atom. The standard InChI is InChI=1S/C22H18N8O/c23-4-3-22(9-14(10-22)11-24)30-26-12-21(29-30)18-6-15(19-8-16(13-31)27-28-19)7-20-17(18)2-1-5-25-20/h1-2,5-8,12,14,31H,3,9-10,13H2,(H,27,28)/t14-,22-. The number of nitrogens with one attached hydrogen (secondary N) is 1. The second-order valence-corrected chi connectivity index (χ2v) is 7.84. The summed E-state index contributed by atoms with van der Waals surface area (Å²) in [5.41, 5.74) is 3.93. The van der Waals surface area contributed by atoms with Gasteiger partial charge in [0.15, 0.2) is 0 Å². The van der Waals surface area contributed by atoms with E-state index in [1.165, 1.54) is 0 Å². The number of nitriles is 2. The molecule has 1 fully saturated rings. The molecule has 0 saturated heterocycles. The van der Waals surface area contributed by atoms with Crippen LogP contribution in [0.25, 0.3) is 33.4 Å². The number of pyridine rings is 1. The summed E-state index contributed by atoms with van der Waals surface area (Å²) in [4.78, 5) is 6.10. The van der Waals surface area contributed by atoms with E-state index < -0.39 is 5.54 Å². The van der Waals surface area contributed by atoms with Gasteiger partial charge in [0.1, 0.15) is 5.69 Å². The van der Waals surface area contributed by atoms with E-state index in [1.54, 1.807) is 23.3 Å². The Balaban J connectivity index is 1.61. The molecule has 1 aromatic carbocycles. The average Bonchev–Trinajstić information content (AvgIpc) is 3.45. The van der Waals surface area contributed by atoms with Crippen molar-refractivity contribution in [3.05, 3.63) is 48.4 Å². The molecule has 31 heavy (non-hydrogen) atoms. The number of nitrogens with zero attached hydrogens (tertiary/aromatic N) is 7. The van der Waals surface area contributed by atoms with Crippen molar-refractivity contribution >= 4 is 10.9 Å². The molecule has 1 saturated carbocycles. The number of hydrogen-bond acceptors (Lipinski definition) is 7. The molecule has 152 valence electrons. The third kappa shape index (κ3) is 3.12. The van der Waals surface area contributed by atoms with E-state index in [-0.39, 0.29) is 18.9 Å². The molecule has 9 heteroatoms. The highest BCUT2D eigenvalue weighted by Gasteiger charge is 2.48. The summed E-state index contributed by atoms with van der Waals surface area (Å²) < 4.78 is 0. The van der Waals surface area contributed by atoms with Crippen molar-refractivity contribution in [2.75, 3.05) is 0 Å². The molecule has 3 aromatic heterocycles. The zero-order chi connectivity index (χ0) is 21.4. The summed E-state index contributed by atoms with van der Waals surface area (Å²) >= 11 is 0. The number of hydrogen-bond donors (Lipinski definition) is 2. The van der Waals surface area contributed by atoms with E-state index >= 15 is 0 Å². The van der Waals surface area contributed by atoms with Gasteiger partial charge in [-0.25, -0.2) is 0 Å². The van der Waals surface area contributed by atoms with E-state index in [4.69, 9.17) is 5.10 Å². The first kappa shape index (κ1) is 18.9. The van der Waals surface area contributed by atoms with Gasteiger partial charge in [-0.05, 0) is 37.1 Å². The lowest BCUT2D eigenvalue weighted by Crippen LogP contribution is -2.47. The number of aliphatic hydroxyl groups is 1. The maximum atomic E-state index is 9.34. The molecular weight excluding hydrogens is 392 g/mol. The van der Waals surface area contributed by atoms with Gasteiger partial charge in [0.25, 0.3) is 0 Å². The van der Waals surface area contributed by atoms with Crippen molar-refractivity contribution in [3.8, 4) is 34.7 Å².